The van der Waals surface area contributed by atoms with Crippen LogP contribution < -0.4 is 10.1 Å². The first kappa shape index (κ1) is 19.7. The lowest BCUT2D eigenvalue weighted by Crippen LogP contribution is -2.14. The second kappa shape index (κ2) is 9.25. The summed E-state index contributed by atoms with van der Waals surface area (Å²) < 4.78 is 8.28. The van der Waals surface area contributed by atoms with Crippen LogP contribution in [0.2, 0.25) is 5.02 Å². The third kappa shape index (κ3) is 5.47. The second-order valence-corrected chi connectivity index (χ2v) is 7.73. The molecule has 0 saturated carbocycles. The van der Waals surface area contributed by atoms with Crippen molar-refractivity contribution in [3.8, 4) is 5.75 Å². The van der Waals surface area contributed by atoms with Crippen LogP contribution in [0.5, 0.6) is 5.75 Å². The number of nitrogens with one attached hydrogen (secondary N) is 1. The molecule has 9 heteroatoms. The Morgan fingerprint density at radius 2 is 2.04 bits per heavy atom. The van der Waals surface area contributed by atoms with Crippen molar-refractivity contribution in [2.75, 3.05) is 11.1 Å². The maximum absolute atomic E-state index is 12.1. The van der Waals surface area contributed by atoms with E-state index in [1.54, 1.807) is 18.2 Å². The Hall–Kier alpha value is -2.03. The molecular weight excluding hydrogens is 452 g/mol. The SMILES string of the molecule is Cn1c(COc2ccccc2)nnc1SCC(=O)Nc1ccc(Br)c(Cl)c1. The Morgan fingerprint density at radius 1 is 1.26 bits per heavy atom. The average molecular weight is 468 g/mol. The summed E-state index contributed by atoms with van der Waals surface area (Å²) in [4.78, 5) is 12.1. The van der Waals surface area contributed by atoms with Gasteiger partial charge in [-0.1, -0.05) is 41.6 Å². The number of aromatic nitrogens is 3. The quantitative estimate of drug-likeness (QED) is 0.517. The molecule has 0 saturated heterocycles. The molecule has 3 aromatic rings. The predicted octanol–water partition coefficient (Wildman–Crippen LogP) is 4.54. The van der Waals surface area contributed by atoms with Crippen molar-refractivity contribution < 1.29 is 9.53 Å². The number of nitrogens with zero attached hydrogens (tertiary/aromatic N) is 3. The number of para-hydroxylation sites is 1. The lowest BCUT2D eigenvalue weighted by molar-refractivity contribution is -0.113. The Labute approximate surface area is 174 Å². The van der Waals surface area contributed by atoms with Gasteiger partial charge in [0.15, 0.2) is 11.0 Å². The third-order valence-electron chi connectivity index (χ3n) is 3.57. The fourth-order valence-corrected chi connectivity index (χ4v) is 3.32. The molecule has 140 valence electrons. The van der Waals surface area contributed by atoms with Gasteiger partial charge in [-0.25, -0.2) is 0 Å². The van der Waals surface area contributed by atoms with Gasteiger partial charge in [0.1, 0.15) is 12.4 Å². The summed E-state index contributed by atoms with van der Waals surface area (Å²) in [6, 6.07) is 14.8. The first-order valence-electron chi connectivity index (χ1n) is 7.97. The highest BCUT2D eigenvalue weighted by atomic mass is 79.9. The summed E-state index contributed by atoms with van der Waals surface area (Å²) in [6.07, 6.45) is 0. The van der Waals surface area contributed by atoms with Crippen molar-refractivity contribution in [2.24, 2.45) is 7.05 Å². The van der Waals surface area contributed by atoms with Crippen LogP contribution >= 0.6 is 39.3 Å². The van der Waals surface area contributed by atoms with Gasteiger partial charge < -0.3 is 14.6 Å². The number of halogens is 2. The van der Waals surface area contributed by atoms with Crippen LogP contribution in [0.15, 0.2) is 58.2 Å². The van der Waals surface area contributed by atoms with Crippen molar-refractivity contribution in [3.63, 3.8) is 0 Å². The van der Waals surface area contributed by atoms with Crippen LogP contribution in [-0.2, 0) is 18.4 Å². The van der Waals surface area contributed by atoms with Gasteiger partial charge in [-0.05, 0) is 46.3 Å². The third-order valence-corrected chi connectivity index (χ3v) is 5.82. The van der Waals surface area contributed by atoms with E-state index in [-0.39, 0.29) is 11.7 Å². The van der Waals surface area contributed by atoms with Crippen molar-refractivity contribution >= 4 is 50.9 Å². The molecule has 6 nitrogen and oxygen atoms in total. The van der Waals surface area contributed by atoms with Crippen molar-refractivity contribution in [1.29, 1.82) is 0 Å². The van der Waals surface area contributed by atoms with Crippen LogP contribution in [0.1, 0.15) is 5.82 Å². The van der Waals surface area contributed by atoms with E-state index in [1.165, 1.54) is 11.8 Å². The zero-order valence-corrected chi connectivity index (χ0v) is 17.5. The predicted molar refractivity (Wildman–Crippen MR) is 110 cm³/mol. The maximum Gasteiger partial charge on any atom is 0.234 e. The van der Waals surface area contributed by atoms with Gasteiger partial charge in [0, 0.05) is 17.2 Å². The molecule has 0 unspecified atom stereocenters. The molecule has 0 aliphatic carbocycles. The Kier molecular flexibility index (Phi) is 6.76. The van der Waals surface area contributed by atoms with E-state index in [9.17, 15) is 4.79 Å². The summed E-state index contributed by atoms with van der Waals surface area (Å²) >= 11 is 10.7. The summed E-state index contributed by atoms with van der Waals surface area (Å²) in [6.45, 7) is 0.303. The number of hydrogen-bond acceptors (Lipinski definition) is 5. The largest absolute Gasteiger partial charge is 0.486 e. The lowest BCUT2D eigenvalue weighted by atomic mass is 10.3. The molecule has 0 radical (unpaired) electrons. The van der Waals surface area contributed by atoms with E-state index in [0.717, 1.165) is 10.2 Å². The van der Waals surface area contributed by atoms with Crippen molar-refractivity contribution in [3.05, 3.63) is 63.9 Å². The summed E-state index contributed by atoms with van der Waals surface area (Å²) in [5.41, 5.74) is 0.642. The van der Waals surface area contributed by atoms with Gasteiger partial charge in [-0.2, -0.15) is 0 Å². The Balaban J connectivity index is 1.52. The van der Waals surface area contributed by atoms with Crippen molar-refractivity contribution in [1.82, 2.24) is 14.8 Å². The fourth-order valence-electron chi connectivity index (χ4n) is 2.16. The van der Waals surface area contributed by atoms with Gasteiger partial charge in [0.25, 0.3) is 0 Å². The highest BCUT2D eigenvalue weighted by Gasteiger charge is 2.12. The molecule has 1 aromatic heterocycles. The molecule has 0 spiro atoms. The number of rotatable bonds is 7. The Bertz CT molecular complexity index is 936. The van der Waals surface area contributed by atoms with Crippen LogP contribution in [0.4, 0.5) is 5.69 Å². The number of hydrogen-bond donors (Lipinski definition) is 1. The smallest absolute Gasteiger partial charge is 0.234 e. The van der Waals surface area contributed by atoms with E-state index in [0.29, 0.717) is 28.3 Å². The molecule has 0 aliphatic rings. The normalized spacial score (nSPS) is 10.6. The highest BCUT2D eigenvalue weighted by molar-refractivity contribution is 9.10. The first-order valence-corrected chi connectivity index (χ1v) is 10.1. The van der Waals surface area contributed by atoms with Crippen LogP contribution in [0.25, 0.3) is 0 Å². The lowest BCUT2D eigenvalue weighted by Gasteiger charge is -2.07. The molecule has 1 heterocycles. The Morgan fingerprint density at radius 3 is 2.78 bits per heavy atom. The van der Waals surface area contributed by atoms with E-state index in [1.807, 2.05) is 41.9 Å². The number of thioether (sulfide) groups is 1. The number of amides is 1. The minimum atomic E-state index is -0.150. The van der Waals surface area contributed by atoms with Crippen LogP contribution in [0.3, 0.4) is 0 Å². The number of anilines is 1. The van der Waals surface area contributed by atoms with Gasteiger partial charge in [-0.3, -0.25) is 4.79 Å². The molecule has 1 amide bonds. The molecule has 1 N–H and O–H groups in total. The van der Waals surface area contributed by atoms with E-state index >= 15 is 0 Å². The van der Waals surface area contributed by atoms with Crippen LogP contribution in [0, 0.1) is 0 Å². The van der Waals surface area contributed by atoms with Gasteiger partial charge >= 0.3 is 0 Å². The maximum atomic E-state index is 12.1. The van der Waals surface area contributed by atoms with Crippen LogP contribution in [-0.4, -0.2) is 26.4 Å². The molecule has 3 rings (SSSR count). The minimum Gasteiger partial charge on any atom is -0.486 e. The molecular formula is C18H16BrClN4O2S. The number of ether oxygens (including phenoxy) is 1. The molecule has 27 heavy (non-hydrogen) atoms. The molecule has 0 atom stereocenters. The van der Waals surface area contributed by atoms with Crippen molar-refractivity contribution in [2.45, 2.75) is 11.8 Å². The molecule has 0 fully saturated rings. The fraction of sp³-hybridized carbons (Fsp3) is 0.167. The number of carbonyl (C=O) groups is 1. The first-order chi connectivity index (χ1) is 13.0. The standard InChI is InChI=1S/C18H16BrClN4O2S/c1-24-16(10-26-13-5-3-2-4-6-13)22-23-18(24)27-11-17(25)21-12-7-8-14(19)15(20)9-12/h2-9H,10-11H2,1H3,(H,21,25). The van der Waals surface area contributed by atoms with E-state index in [4.69, 9.17) is 16.3 Å². The van der Waals surface area contributed by atoms with Gasteiger partial charge in [-0.15, -0.1) is 10.2 Å². The van der Waals surface area contributed by atoms with E-state index < -0.39 is 0 Å². The topological polar surface area (TPSA) is 69.0 Å². The second-order valence-electron chi connectivity index (χ2n) is 5.53. The highest BCUT2D eigenvalue weighted by Crippen LogP contribution is 2.26. The number of carbonyl (C=O) groups excluding carboxylic acids is 1. The summed E-state index contributed by atoms with van der Waals surface area (Å²) in [5.74, 6) is 1.51. The zero-order chi connectivity index (χ0) is 19.2. The summed E-state index contributed by atoms with van der Waals surface area (Å²) in [5, 5.41) is 12.2. The zero-order valence-electron chi connectivity index (χ0n) is 14.4. The molecule has 0 aliphatic heterocycles. The van der Waals surface area contributed by atoms with Gasteiger partial charge in [0.05, 0.1) is 10.8 Å². The van der Waals surface area contributed by atoms with E-state index in [2.05, 4.69) is 31.4 Å². The minimum absolute atomic E-state index is 0.150. The monoisotopic (exact) mass is 466 g/mol. The average Bonchev–Trinajstić information content (AvgIpc) is 3.02. The van der Waals surface area contributed by atoms with Gasteiger partial charge in [0.2, 0.25) is 5.91 Å². The number of benzene rings is 2. The molecule has 2 aromatic carbocycles. The summed E-state index contributed by atoms with van der Waals surface area (Å²) in [7, 11) is 1.85. The molecule has 0 bridgehead atoms.